The zero-order chi connectivity index (χ0) is 15.3. The summed E-state index contributed by atoms with van der Waals surface area (Å²) in [5, 5.41) is 3.33. The van der Waals surface area contributed by atoms with E-state index in [0.717, 1.165) is 12.8 Å². The number of pyridine rings is 1. The molecule has 1 atom stereocenters. The van der Waals surface area contributed by atoms with Gasteiger partial charge >= 0.3 is 0 Å². The lowest BCUT2D eigenvalue weighted by atomic mass is 9.95. The smallest absolute Gasteiger partial charge is 0.244 e. The topological polar surface area (TPSA) is 62.3 Å². The van der Waals surface area contributed by atoms with E-state index in [-0.39, 0.29) is 4.90 Å². The van der Waals surface area contributed by atoms with Crippen LogP contribution >= 0.6 is 0 Å². The van der Waals surface area contributed by atoms with Gasteiger partial charge in [-0.3, -0.25) is 0 Å². The zero-order valence-electron chi connectivity index (χ0n) is 12.9. The Hall–Kier alpha value is -1.14. The average Bonchev–Trinajstić information content (AvgIpc) is 2.40. The molecule has 1 aromatic rings. The summed E-state index contributed by atoms with van der Waals surface area (Å²) in [6.45, 7) is 6.48. The molecule has 0 aliphatic heterocycles. The lowest BCUT2D eigenvalue weighted by Gasteiger charge is -2.23. The van der Waals surface area contributed by atoms with Gasteiger partial charge in [0.05, 0.1) is 0 Å². The number of hydrogen-bond donors (Lipinski definition) is 1. The molecular formula is C14H25N3O2S. The Bertz CT molecular complexity index is 508. The largest absolute Gasteiger partial charge is 0.367 e. The van der Waals surface area contributed by atoms with Crippen LogP contribution in [-0.2, 0) is 10.0 Å². The summed E-state index contributed by atoms with van der Waals surface area (Å²) in [7, 11) is -0.384. The Kier molecular flexibility index (Phi) is 5.95. The number of rotatable bonds is 7. The molecule has 0 amide bonds. The molecule has 0 spiro atoms. The first-order valence-corrected chi connectivity index (χ1v) is 8.42. The number of aromatic nitrogens is 1. The van der Waals surface area contributed by atoms with Crippen LogP contribution in [0.1, 0.15) is 33.6 Å². The molecule has 0 saturated carbocycles. The normalized spacial score (nSPS) is 13.8. The summed E-state index contributed by atoms with van der Waals surface area (Å²) < 4.78 is 25.0. The van der Waals surface area contributed by atoms with E-state index in [4.69, 9.17) is 0 Å². The third-order valence-corrected chi connectivity index (χ3v) is 5.44. The van der Waals surface area contributed by atoms with Gasteiger partial charge in [0.2, 0.25) is 10.0 Å². The van der Waals surface area contributed by atoms with Crippen molar-refractivity contribution in [3.8, 4) is 0 Å². The molecule has 0 bridgehead atoms. The van der Waals surface area contributed by atoms with Crippen molar-refractivity contribution in [1.29, 1.82) is 0 Å². The van der Waals surface area contributed by atoms with Crippen molar-refractivity contribution in [2.24, 2.45) is 5.92 Å². The number of nitrogens with one attached hydrogen (secondary N) is 1. The first-order chi connectivity index (χ1) is 9.32. The predicted molar refractivity (Wildman–Crippen MR) is 82.3 cm³/mol. The van der Waals surface area contributed by atoms with Crippen LogP contribution in [-0.4, -0.2) is 37.8 Å². The van der Waals surface area contributed by atoms with E-state index in [1.165, 1.54) is 24.6 Å². The van der Waals surface area contributed by atoms with Gasteiger partial charge in [0, 0.05) is 26.3 Å². The maximum atomic E-state index is 11.9. The standard InChI is InChI=1S/C14H25N3O2S/c1-6-12(7-2)11(3)16-14-9-8-13(10-15-14)20(18,19)17(4)5/h8-12H,6-7H2,1-5H3,(H,15,16). The van der Waals surface area contributed by atoms with Crippen molar-refractivity contribution in [2.45, 2.75) is 44.6 Å². The van der Waals surface area contributed by atoms with Gasteiger partial charge in [-0.2, -0.15) is 0 Å². The van der Waals surface area contributed by atoms with E-state index in [9.17, 15) is 8.42 Å². The molecule has 6 heteroatoms. The van der Waals surface area contributed by atoms with E-state index in [2.05, 4.69) is 31.1 Å². The Balaban J connectivity index is 2.83. The Morgan fingerprint density at radius 2 is 1.85 bits per heavy atom. The van der Waals surface area contributed by atoms with E-state index < -0.39 is 10.0 Å². The van der Waals surface area contributed by atoms with Crippen LogP contribution in [0.3, 0.4) is 0 Å². The predicted octanol–water partition coefficient (Wildman–Crippen LogP) is 2.57. The monoisotopic (exact) mass is 299 g/mol. The van der Waals surface area contributed by atoms with Crippen molar-refractivity contribution in [3.63, 3.8) is 0 Å². The van der Waals surface area contributed by atoms with Crippen LogP contribution < -0.4 is 5.32 Å². The fraction of sp³-hybridized carbons (Fsp3) is 0.643. The van der Waals surface area contributed by atoms with Gasteiger partial charge in [-0.15, -0.1) is 0 Å². The maximum absolute atomic E-state index is 11.9. The first kappa shape index (κ1) is 16.9. The third-order valence-electron chi connectivity index (χ3n) is 3.65. The Morgan fingerprint density at radius 3 is 2.25 bits per heavy atom. The minimum atomic E-state index is -3.40. The molecule has 1 heterocycles. The van der Waals surface area contributed by atoms with Gasteiger partial charge < -0.3 is 5.32 Å². The molecule has 1 aromatic heterocycles. The molecule has 114 valence electrons. The molecule has 0 aromatic carbocycles. The van der Waals surface area contributed by atoms with E-state index in [1.54, 1.807) is 12.1 Å². The average molecular weight is 299 g/mol. The fourth-order valence-electron chi connectivity index (χ4n) is 2.18. The zero-order valence-corrected chi connectivity index (χ0v) is 13.7. The molecule has 20 heavy (non-hydrogen) atoms. The second kappa shape index (κ2) is 7.04. The molecule has 0 radical (unpaired) electrons. The number of anilines is 1. The summed E-state index contributed by atoms with van der Waals surface area (Å²) in [6, 6.07) is 3.62. The fourth-order valence-corrected chi connectivity index (χ4v) is 3.02. The molecule has 0 aliphatic rings. The van der Waals surface area contributed by atoms with Gasteiger partial charge in [-0.25, -0.2) is 17.7 Å². The van der Waals surface area contributed by atoms with Crippen LogP contribution in [0.15, 0.2) is 23.2 Å². The first-order valence-electron chi connectivity index (χ1n) is 6.98. The van der Waals surface area contributed by atoms with Gasteiger partial charge in [0.25, 0.3) is 0 Å². The number of hydrogen-bond acceptors (Lipinski definition) is 4. The number of sulfonamides is 1. The van der Waals surface area contributed by atoms with Crippen LogP contribution in [0.5, 0.6) is 0 Å². The molecule has 1 rings (SSSR count). The van der Waals surface area contributed by atoms with Crippen molar-refractivity contribution >= 4 is 15.8 Å². The van der Waals surface area contributed by atoms with Crippen LogP contribution in [0.4, 0.5) is 5.82 Å². The minimum absolute atomic E-state index is 0.211. The lowest BCUT2D eigenvalue weighted by Crippen LogP contribution is -2.26. The SMILES string of the molecule is CCC(CC)C(C)Nc1ccc(S(=O)(=O)N(C)C)cn1. The summed E-state index contributed by atoms with van der Waals surface area (Å²) in [4.78, 5) is 4.41. The highest BCUT2D eigenvalue weighted by atomic mass is 32.2. The highest BCUT2D eigenvalue weighted by molar-refractivity contribution is 7.89. The Morgan fingerprint density at radius 1 is 1.25 bits per heavy atom. The molecule has 1 unspecified atom stereocenters. The van der Waals surface area contributed by atoms with Gasteiger partial charge in [-0.05, 0) is 25.0 Å². The minimum Gasteiger partial charge on any atom is -0.367 e. The van der Waals surface area contributed by atoms with Crippen molar-refractivity contribution in [1.82, 2.24) is 9.29 Å². The summed E-state index contributed by atoms with van der Waals surface area (Å²) >= 11 is 0. The third kappa shape index (κ3) is 3.93. The van der Waals surface area contributed by atoms with Gasteiger partial charge in [-0.1, -0.05) is 26.7 Å². The highest BCUT2D eigenvalue weighted by Crippen LogP contribution is 2.18. The van der Waals surface area contributed by atoms with Crippen LogP contribution in [0.2, 0.25) is 0 Å². The van der Waals surface area contributed by atoms with E-state index in [1.807, 2.05) is 0 Å². The van der Waals surface area contributed by atoms with Crippen LogP contribution in [0, 0.1) is 5.92 Å². The van der Waals surface area contributed by atoms with Gasteiger partial charge in [0.1, 0.15) is 10.7 Å². The quantitative estimate of drug-likeness (QED) is 0.840. The molecule has 1 N–H and O–H groups in total. The molecule has 5 nitrogen and oxygen atoms in total. The lowest BCUT2D eigenvalue weighted by molar-refractivity contribution is 0.437. The van der Waals surface area contributed by atoms with E-state index >= 15 is 0 Å². The van der Waals surface area contributed by atoms with Crippen molar-refractivity contribution in [3.05, 3.63) is 18.3 Å². The van der Waals surface area contributed by atoms with Gasteiger partial charge in [0.15, 0.2) is 0 Å². The van der Waals surface area contributed by atoms with E-state index in [0.29, 0.717) is 17.8 Å². The second-order valence-corrected chi connectivity index (χ2v) is 7.33. The number of nitrogens with zero attached hydrogens (tertiary/aromatic N) is 2. The maximum Gasteiger partial charge on any atom is 0.244 e. The summed E-state index contributed by atoms with van der Waals surface area (Å²) in [5.41, 5.74) is 0. The molecule has 0 fully saturated rings. The molecule has 0 aliphatic carbocycles. The summed E-state index contributed by atoms with van der Waals surface area (Å²) in [6.07, 6.45) is 3.62. The summed E-state index contributed by atoms with van der Waals surface area (Å²) in [5.74, 6) is 1.30. The second-order valence-electron chi connectivity index (χ2n) is 5.18. The Labute approximate surface area is 122 Å². The molecular weight excluding hydrogens is 274 g/mol. The van der Waals surface area contributed by atoms with Crippen molar-refractivity contribution in [2.75, 3.05) is 19.4 Å². The van der Waals surface area contributed by atoms with Crippen molar-refractivity contribution < 1.29 is 8.42 Å². The highest BCUT2D eigenvalue weighted by Gasteiger charge is 2.18. The molecule has 0 saturated heterocycles. The van der Waals surface area contributed by atoms with Crippen LogP contribution in [0.25, 0.3) is 0 Å².